The van der Waals surface area contributed by atoms with Crippen LogP contribution in [-0.2, 0) is 9.47 Å². The molecule has 0 saturated heterocycles. The van der Waals surface area contributed by atoms with Gasteiger partial charge in [0, 0.05) is 7.14 Å². The molecule has 1 aromatic carbocycles. The lowest BCUT2D eigenvalue weighted by Gasteiger charge is -2.21. The zero-order valence-electron chi connectivity index (χ0n) is 13.5. The molecule has 0 spiro atoms. The number of esters is 2. The second kappa shape index (κ2) is 7.02. The van der Waals surface area contributed by atoms with E-state index in [9.17, 15) is 9.59 Å². The van der Waals surface area contributed by atoms with Gasteiger partial charge >= 0.3 is 11.9 Å². The van der Waals surface area contributed by atoms with Crippen LogP contribution in [0, 0.1) is 7.14 Å². The van der Waals surface area contributed by atoms with Gasteiger partial charge in [0.15, 0.2) is 0 Å². The van der Waals surface area contributed by atoms with Crippen molar-refractivity contribution in [3.8, 4) is 0 Å². The van der Waals surface area contributed by atoms with Crippen molar-refractivity contribution in [2.75, 3.05) is 0 Å². The Morgan fingerprint density at radius 1 is 0.773 bits per heavy atom. The van der Waals surface area contributed by atoms with Crippen LogP contribution in [-0.4, -0.2) is 23.1 Å². The standard InChI is InChI=1S/C16H20I2O4/c1-15(2,3)21-13(19)9-7-12(18)10(8-11(9)17)14(20)22-16(4,5)6/h7-8H,1-6H3. The fourth-order valence-corrected chi connectivity index (χ4v) is 2.90. The van der Waals surface area contributed by atoms with Crippen molar-refractivity contribution in [2.45, 2.75) is 52.7 Å². The summed E-state index contributed by atoms with van der Waals surface area (Å²) >= 11 is 4.06. The van der Waals surface area contributed by atoms with Crippen LogP contribution in [0.25, 0.3) is 0 Å². The number of halogens is 2. The van der Waals surface area contributed by atoms with E-state index in [1.54, 1.807) is 12.1 Å². The maximum absolute atomic E-state index is 12.2. The predicted molar refractivity (Wildman–Crippen MR) is 102 cm³/mol. The van der Waals surface area contributed by atoms with Crippen molar-refractivity contribution in [2.24, 2.45) is 0 Å². The van der Waals surface area contributed by atoms with Crippen molar-refractivity contribution in [3.05, 3.63) is 30.4 Å². The van der Waals surface area contributed by atoms with Gasteiger partial charge in [-0.15, -0.1) is 0 Å². The molecule has 22 heavy (non-hydrogen) atoms. The molecular weight excluding hydrogens is 510 g/mol. The monoisotopic (exact) mass is 530 g/mol. The van der Waals surface area contributed by atoms with Crippen molar-refractivity contribution in [1.82, 2.24) is 0 Å². The number of benzene rings is 1. The lowest BCUT2D eigenvalue weighted by atomic mass is 10.1. The van der Waals surface area contributed by atoms with E-state index in [2.05, 4.69) is 0 Å². The average molecular weight is 530 g/mol. The van der Waals surface area contributed by atoms with E-state index < -0.39 is 23.1 Å². The normalized spacial score (nSPS) is 12.0. The summed E-state index contributed by atoms with van der Waals surface area (Å²) in [5.74, 6) is -0.795. The first-order valence-corrected chi connectivity index (χ1v) is 8.91. The molecule has 4 nitrogen and oxygen atoms in total. The minimum absolute atomic E-state index is 0.398. The van der Waals surface area contributed by atoms with E-state index in [4.69, 9.17) is 9.47 Å². The van der Waals surface area contributed by atoms with Crippen LogP contribution in [0.2, 0.25) is 0 Å². The molecule has 0 amide bonds. The number of ether oxygens (including phenoxy) is 2. The predicted octanol–water partition coefficient (Wildman–Crippen LogP) is 4.81. The van der Waals surface area contributed by atoms with Crippen molar-refractivity contribution in [1.29, 1.82) is 0 Å². The molecule has 0 aliphatic carbocycles. The molecule has 0 bridgehead atoms. The van der Waals surface area contributed by atoms with E-state index in [-0.39, 0.29) is 0 Å². The summed E-state index contributed by atoms with van der Waals surface area (Å²) in [6.07, 6.45) is 0. The van der Waals surface area contributed by atoms with Gasteiger partial charge < -0.3 is 9.47 Å². The smallest absolute Gasteiger partial charge is 0.339 e. The van der Waals surface area contributed by atoms with E-state index in [1.165, 1.54) is 0 Å². The van der Waals surface area contributed by atoms with E-state index in [0.717, 1.165) is 0 Å². The molecule has 0 radical (unpaired) electrons. The Morgan fingerprint density at radius 2 is 1.05 bits per heavy atom. The maximum Gasteiger partial charge on any atom is 0.339 e. The molecule has 0 atom stereocenters. The Labute approximate surface area is 158 Å². The number of carbonyl (C=O) groups excluding carboxylic acids is 2. The zero-order valence-corrected chi connectivity index (χ0v) is 17.9. The largest absolute Gasteiger partial charge is 0.456 e. The first-order valence-electron chi connectivity index (χ1n) is 6.76. The first-order chi connectivity index (χ1) is 9.80. The Balaban J connectivity index is 3.12. The van der Waals surface area contributed by atoms with Crippen LogP contribution in [0.5, 0.6) is 0 Å². The van der Waals surface area contributed by atoms with Gasteiger partial charge in [-0.25, -0.2) is 9.59 Å². The third kappa shape index (κ3) is 6.02. The van der Waals surface area contributed by atoms with E-state index in [1.807, 2.05) is 86.7 Å². The van der Waals surface area contributed by atoms with Crippen LogP contribution < -0.4 is 0 Å². The molecule has 0 aliphatic heterocycles. The molecule has 1 aromatic rings. The summed E-state index contributed by atoms with van der Waals surface area (Å²) in [7, 11) is 0. The van der Waals surface area contributed by atoms with Crippen molar-refractivity contribution in [3.63, 3.8) is 0 Å². The second-order valence-electron chi connectivity index (χ2n) is 6.82. The Bertz CT molecular complexity index is 542. The molecule has 0 N–H and O–H groups in total. The van der Waals surface area contributed by atoms with Crippen LogP contribution in [0.4, 0.5) is 0 Å². The SMILES string of the molecule is CC(C)(C)OC(=O)c1cc(I)c(C(=O)OC(C)(C)C)cc1I. The van der Waals surface area contributed by atoms with Gasteiger partial charge in [0.05, 0.1) is 11.1 Å². The van der Waals surface area contributed by atoms with Crippen molar-refractivity contribution < 1.29 is 19.1 Å². The molecule has 0 aliphatic rings. The first kappa shape index (κ1) is 19.7. The molecule has 122 valence electrons. The number of hydrogen-bond acceptors (Lipinski definition) is 4. The van der Waals surface area contributed by atoms with Crippen LogP contribution in [0.15, 0.2) is 12.1 Å². The molecule has 0 fully saturated rings. The zero-order chi connectivity index (χ0) is 17.3. The molecular formula is C16H20I2O4. The summed E-state index contributed by atoms with van der Waals surface area (Å²) in [6, 6.07) is 3.32. The molecule has 0 saturated carbocycles. The van der Waals surface area contributed by atoms with Gasteiger partial charge in [-0.3, -0.25) is 0 Å². The highest BCUT2D eigenvalue weighted by molar-refractivity contribution is 14.1. The quantitative estimate of drug-likeness (QED) is 0.407. The van der Waals surface area contributed by atoms with E-state index >= 15 is 0 Å². The topological polar surface area (TPSA) is 52.6 Å². The van der Waals surface area contributed by atoms with Crippen molar-refractivity contribution >= 4 is 57.1 Å². The molecule has 0 heterocycles. The molecule has 6 heteroatoms. The third-order valence-corrected chi connectivity index (χ3v) is 4.08. The van der Waals surface area contributed by atoms with Gasteiger partial charge in [-0.2, -0.15) is 0 Å². The second-order valence-corrected chi connectivity index (χ2v) is 9.14. The fraction of sp³-hybridized carbons (Fsp3) is 0.500. The van der Waals surface area contributed by atoms with Gasteiger partial charge in [0.25, 0.3) is 0 Å². The summed E-state index contributed by atoms with van der Waals surface area (Å²) in [5.41, 5.74) is -0.218. The van der Waals surface area contributed by atoms with Gasteiger partial charge in [-0.05, 0) is 98.9 Å². The minimum Gasteiger partial charge on any atom is -0.456 e. The van der Waals surface area contributed by atoms with Gasteiger partial charge in [0.2, 0.25) is 0 Å². The summed E-state index contributed by atoms with van der Waals surface area (Å²) in [6.45, 7) is 10.9. The van der Waals surface area contributed by atoms with Gasteiger partial charge in [0.1, 0.15) is 11.2 Å². The Hall–Kier alpha value is -0.380. The van der Waals surface area contributed by atoms with Crippen LogP contribution in [0.3, 0.4) is 0 Å². The highest BCUT2D eigenvalue weighted by atomic mass is 127. The molecule has 1 rings (SSSR count). The highest BCUT2D eigenvalue weighted by Crippen LogP contribution is 2.25. The average Bonchev–Trinajstić information content (AvgIpc) is 2.26. The number of carbonyl (C=O) groups is 2. The summed E-state index contributed by atoms with van der Waals surface area (Å²) in [5, 5.41) is 0. The third-order valence-electron chi connectivity index (χ3n) is 2.29. The van der Waals surface area contributed by atoms with E-state index in [0.29, 0.717) is 18.3 Å². The Kier molecular flexibility index (Phi) is 6.28. The number of hydrogen-bond donors (Lipinski definition) is 0. The van der Waals surface area contributed by atoms with Crippen LogP contribution >= 0.6 is 45.2 Å². The molecule has 0 aromatic heterocycles. The minimum atomic E-state index is -0.560. The maximum atomic E-state index is 12.2. The molecule has 0 unspecified atom stereocenters. The lowest BCUT2D eigenvalue weighted by molar-refractivity contribution is 0.00498. The highest BCUT2D eigenvalue weighted by Gasteiger charge is 2.24. The summed E-state index contributed by atoms with van der Waals surface area (Å²) in [4.78, 5) is 24.4. The number of rotatable bonds is 2. The van der Waals surface area contributed by atoms with Crippen LogP contribution in [0.1, 0.15) is 62.3 Å². The summed E-state index contributed by atoms with van der Waals surface area (Å²) < 4.78 is 12.1. The van der Waals surface area contributed by atoms with Gasteiger partial charge in [-0.1, -0.05) is 0 Å². The fourth-order valence-electron chi connectivity index (χ4n) is 1.53. The lowest BCUT2D eigenvalue weighted by Crippen LogP contribution is -2.26. The Morgan fingerprint density at radius 3 is 1.27 bits per heavy atom.